The molecule has 25 heavy (non-hydrogen) atoms. The zero-order valence-corrected chi connectivity index (χ0v) is 15.4. The quantitative estimate of drug-likeness (QED) is 0.767. The fourth-order valence-corrected chi connectivity index (χ4v) is 4.15. The second-order valence-corrected chi connectivity index (χ2v) is 7.44. The van der Waals surface area contributed by atoms with Crippen molar-refractivity contribution in [2.45, 2.75) is 19.9 Å². The Kier molecular flexibility index (Phi) is 4.05. The van der Waals surface area contributed by atoms with Crippen LogP contribution in [0.4, 0.5) is 0 Å². The average Bonchev–Trinajstić information content (AvgIpc) is 3.23. The highest BCUT2D eigenvalue weighted by Crippen LogP contribution is 2.30. The van der Waals surface area contributed by atoms with Gasteiger partial charge in [-0.05, 0) is 31.4 Å². The lowest BCUT2D eigenvalue weighted by molar-refractivity contribution is 0.0657. The zero-order valence-electron chi connectivity index (χ0n) is 14.6. The molecule has 0 unspecified atom stereocenters. The molecule has 6 nitrogen and oxygen atoms in total. The van der Waals surface area contributed by atoms with Crippen LogP contribution in [-0.4, -0.2) is 51.2 Å². The second kappa shape index (κ2) is 6.24. The standard InChI is InChI=1S/C18H21N5OS/c1-11-10-19-6-7-23(11)18(24)13-9-14(15-5-4-8-25-15)20-17-16(13)12(2)21-22(17)3/h4-5,8-9,11,19H,6-7,10H2,1-3H3/t11-/m0/s1. The minimum atomic E-state index is 0.0651. The molecular weight excluding hydrogens is 334 g/mol. The number of rotatable bonds is 2. The third-order valence-corrected chi connectivity index (χ3v) is 5.63. The van der Waals surface area contributed by atoms with E-state index in [1.807, 2.05) is 42.5 Å². The summed E-state index contributed by atoms with van der Waals surface area (Å²) < 4.78 is 1.76. The Labute approximate surface area is 150 Å². The lowest BCUT2D eigenvalue weighted by Crippen LogP contribution is -2.52. The summed E-state index contributed by atoms with van der Waals surface area (Å²) in [6.45, 7) is 6.39. The van der Waals surface area contributed by atoms with Gasteiger partial charge in [-0.2, -0.15) is 5.10 Å². The van der Waals surface area contributed by atoms with Gasteiger partial charge >= 0.3 is 0 Å². The highest BCUT2D eigenvalue weighted by atomic mass is 32.1. The number of fused-ring (bicyclic) bond motifs is 1. The first-order chi connectivity index (χ1) is 12.1. The molecule has 4 heterocycles. The highest BCUT2D eigenvalue weighted by Gasteiger charge is 2.27. The predicted octanol–water partition coefficient (Wildman–Crippen LogP) is 2.44. The van der Waals surface area contributed by atoms with Gasteiger partial charge in [-0.3, -0.25) is 9.48 Å². The summed E-state index contributed by atoms with van der Waals surface area (Å²) in [7, 11) is 1.88. The van der Waals surface area contributed by atoms with Gasteiger partial charge in [0.15, 0.2) is 5.65 Å². The molecule has 0 aromatic carbocycles. The summed E-state index contributed by atoms with van der Waals surface area (Å²) in [6, 6.07) is 6.14. The van der Waals surface area contributed by atoms with Gasteiger partial charge < -0.3 is 10.2 Å². The minimum Gasteiger partial charge on any atom is -0.333 e. The van der Waals surface area contributed by atoms with E-state index in [-0.39, 0.29) is 11.9 Å². The van der Waals surface area contributed by atoms with E-state index >= 15 is 0 Å². The van der Waals surface area contributed by atoms with E-state index < -0.39 is 0 Å². The molecule has 7 heteroatoms. The number of aryl methyl sites for hydroxylation is 2. The van der Waals surface area contributed by atoms with E-state index in [4.69, 9.17) is 4.98 Å². The van der Waals surface area contributed by atoms with Gasteiger partial charge in [-0.1, -0.05) is 6.07 Å². The number of amides is 1. The summed E-state index contributed by atoms with van der Waals surface area (Å²) in [5, 5.41) is 10.7. The van der Waals surface area contributed by atoms with Crippen molar-refractivity contribution in [1.29, 1.82) is 0 Å². The van der Waals surface area contributed by atoms with Crippen LogP contribution in [0.2, 0.25) is 0 Å². The van der Waals surface area contributed by atoms with Crippen molar-refractivity contribution in [3.8, 4) is 10.6 Å². The fraction of sp³-hybridized carbons (Fsp3) is 0.389. The largest absolute Gasteiger partial charge is 0.333 e. The number of nitrogens with zero attached hydrogens (tertiary/aromatic N) is 4. The van der Waals surface area contributed by atoms with Crippen molar-refractivity contribution in [2.75, 3.05) is 19.6 Å². The smallest absolute Gasteiger partial charge is 0.255 e. The van der Waals surface area contributed by atoms with Gasteiger partial charge in [0, 0.05) is 32.7 Å². The molecule has 130 valence electrons. The SMILES string of the molecule is Cc1nn(C)c2nc(-c3cccs3)cc(C(=O)N3CCNC[C@@H]3C)c12. The van der Waals surface area contributed by atoms with Gasteiger partial charge in [0.05, 0.1) is 27.2 Å². The molecule has 1 aliphatic rings. The van der Waals surface area contributed by atoms with Crippen molar-refractivity contribution in [1.82, 2.24) is 25.0 Å². The first-order valence-electron chi connectivity index (χ1n) is 8.46. The topological polar surface area (TPSA) is 63.1 Å². The van der Waals surface area contributed by atoms with Crippen LogP contribution in [0.25, 0.3) is 21.6 Å². The third kappa shape index (κ3) is 2.73. The Morgan fingerprint density at radius 3 is 3.00 bits per heavy atom. The van der Waals surface area contributed by atoms with Crippen molar-refractivity contribution < 1.29 is 4.79 Å². The molecule has 0 bridgehead atoms. The number of aromatic nitrogens is 3. The fourth-order valence-electron chi connectivity index (χ4n) is 3.46. The molecule has 1 fully saturated rings. The molecule has 3 aromatic heterocycles. The number of pyridine rings is 1. The number of thiophene rings is 1. The van der Waals surface area contributed by atoms with E-state index in [0.717, 1.165) is 46.9 Å². The van der Waals surface area contributed by atoms with Crippen molar-refractivity contribution in [3.05, 3.63) is 34.8 Å². The van der Waals surface area contributed by atoms with Crippen LogP contribution in [0.15, 0.2) is 23.6 Å². The maximum atomic E-state index is 13.3. The Hall–Kier alpha value is -2.25. The van der Waals surface area contributed by atoms with Gasteiger partial charge in [0.2, 0.25) is 0 Å². The van der Waals surface area contributed by atoms with E-state index in [2.05, 4.69) is 17.3 Å². The van der Waals surface area contributed by atoms with Gasteiger partial charge in [-0.25, -0.2) is 4.98 Å². The second-order valence-electron chi connectivity index (χ2n) is 6.49. The maximum absolute atomic E-state index is 13.3. The van der Waals surface area contributed by atoms with Crippen LogP contribution in [-0.2, 0) is 7.05 Å². The Morgan fingerprint density at radius 1 is 1.44 bits per heavy atom. The van der Waals surface area contributed by atoms with Crippen molar-refractivity contribution >= 4 is 28.3 Å². The first kappa shape index (κ1) is 16.2. The highest BCUT2D eigenvalue weighted by molar-refractivity contribution is 7.13. The maximum Gasteiger partial charge on any atom is 0.255 e. The summed E-state index contributed by atoms with van der Waals surface area (Å²) >= 11 is 1.63. The van der Waals surface area contributed by atoms with Crippen LogP contribution in [0.3, 0.4) is 0 Å². The summed E-state index contributed by atoms with van der Waals surface area (Å²) in [5.41, 5.74) is 3.13. The van der Waals surface area contributed by atoms with Gasteiger partial charge in [0.1, 0.15) is 0 Å². The molecule has 0 saturated carbocycles. The number of nitrogens with one attached hydrogen (secondary N) is 1. The normalized spacial score (nSPS) is 18.0. The first-order valence-corrected chi connectivity index (χ1v) is 9.34. The Morgan fingerprint density at radius 2 is 2.28 bits per heavy atom. The monoisotopic (exact) mass is 355 g/mol. The van der Waals surface area contributed by atoms with Crippen molar-refractivity contribution in [3.63, 3.8) is 0 Å². The molecule has 1 amide bonds. The molecule has 0 spiro atoms. The summed E-state index contributed by atoms with van der Waals surface area (Å²) in [4.78, 5) is 21.1. The molecule has 1 atom stereocenters. The number of carbonyl (C=O) groups is 1. The molecule has 3 aromatic rings. The number of hydrogen-bond donors (Lipinski definition) is 1. The molecule has 0 aliphatic carbocycles. The molecule has 1 N–H and O–H groups in total. The molecule has 4 rings (SSSR count). The molecular formula is C18H21N5OS. The lowest BCUT2D eigenvalue weighted by Gasteiger charge is -2.34. The van der Waals surface area contributed by atoms with Crippen molar-refractivity contribution in [2.24, 2.45) is 7.05 Å². The Balaban J connectivity index is 1.90. The van der Waals surface area contributed by atoms with E-state index in [1.165, 1.54) is 0 Å². The van der Waals surface area contributed by atoms with Crippen LogP contribution in [0.1, 0.15) is 23.0 Å². The van der Waals surface area contributed by atoms with E-state index in [1.54, 1.807) is 16.0 Å². The summed E-state index contributed by atoms with van der Waals surface area (Å²) in [5.74, 6) is 0.0651. The molecule has 0 radical (unpaired) electrons. The third-order valence-electron chi connectivity index (χ3n) is 4.73. The van der Waals surface area contributed by atoms with Crippen LogP contribution >= 0.6 is 11.3 Å². The average molecular weight is 355 g/mol. The van der Waals surface area contributed by atoms with E-state index in [0.29, 0.717) is 5.56 Å². The van der Waals surface area contributed by atoms with Crippen LogP contribution in [0.5, 0.6) is 0 Å². The van der Waals surface area contributed by atoms with Crippen LogP contribution in [0, 0.1) is 6.92 Å². The predicted molar refractivity (Wildman–Crippen MR) is 99.9 cm³/mol. The Bertz CT molecular complexity index is 931. The van der Waals surface area contributed by atoms with E-state index in [9.17, 15) is 4.79 Å². The van der Waals surface area contributed by atoms with Crippen LogP contribution < -0.4 is 5.32 Å². The molecule has 1 aliphatic heterocycles. The number of carbonyl (C=O) groups excluding carboxylic acids is 1. The lowest BCUT2D eigenvalue weighted by atomic mass is 10.1. The molecule has 1 saturated heterocycles. The van der Waals surface area contributed by atoms with Gasteiger partial charge in [-0.15, -0.1) is 11.3 Å². The number of piperazine rings is 1. The minimum absolute atomic E-state index is 0.0651. The number of hydrogen-bond acceptors (Lipinski definition) is 5. The zero-order chi connectivity index (χ0) is 17.6. The van der Waals surface area contributed by atoms with Gasteiger partial charge in [0.25, 0.3) is 5.91 Å². The summed E-state index contributed by atoms with van der Waals surface area (Å²) in [6.07, 6.45) is 0.